The highest BCUT2D eigenvalue weighted by atomic mass is 16.5. The van der Waals surface area contributed by atoms with Crippen molar-refractivity contribution in [1.29, 1.82) is 0 Å². The Morgan fingerprint density at radius 1 is 1.06 bits per heavy atom. The standard InChI is InChI=1S/C25H28O7/c1-7-15-17(11-20(30-4)16-9-8-10-19(29-3)21(15)16)22(26)18-13-25(12-14(18)2,23(27)31-5)24(28)32-6/h7-12,15,17-18H,1,13H2,2-6H3/t15-,17?,18?/m1/s1. The van der Waals surface area contributed by atoms with Gasteiger partial charge in [-0.2, -0.15) is 0 Å². The lowest BCUT2D eigenvalue weighted by Gasteiger charge is -2.32. The molecule has 2 aliphatic carbocycles. The van der Waals surface area contributed by atoms with Crippen LogP contribution in [-0.4, -0.2) is 46.2 Å². The average molecular weight is 440 g/mol. The summed E-state index contributed by atoms with van der Waals surface area (Å²) in [6.07, 6.45) is 4.94. The molecule has 1 aromatic carbocycles. The number of methoxy groups -OCH3 is 4. The Morgan fingerprint density at radius 2 is 1.72 bits per heavy atom. The third-order valence-electron chi connectivity index (χ3n) is 6.40. The maximum absolute atomic E-state index is 13.8. The molecule has 2 unspecified atom stereocenters. The Morgan fingerprint density at radius 3 is 2.25 bits per heavy atom. The minimum atomic E-state index is -1.64. The first-order valence-electron chi connectivity index (χ1n) is 10.2. The van der Waals surface area contributed by atoms with Crippen molar-refractivity contribution in [3.63, 3.8) is 0 Å². The predicted molar refractivity (Wildman–Crippen MR) is 118 cm³/mol. The lowest BCUT2D eigenvalue weighted by molar-refractivity contribution is -0.165. The summed E-state index contributed by atoms with van der Waals surface area (Å²) < 4.78 is 20.9. The van der Waals surface area contributed by atoms with E-state index in [4.69, 9.17) is 18.9 Å². The zero-order valence-electron chi connectivity index (χ0n) is 19.0. The summed E-state index contributed by atoms with van der Waals surface area (Å²) in [6, 6.07) is 5.60. The Balaban J connectivity index is 2.06. The monoisotopic (exact) mass is 440 g/mol. The van der Waals surface area contributed by atoms with Crippen LogP contribution >= 0.6 is 0 Å². The van der Waals surface area contributed by atoms with E-state index in [1.165, 1.54) is 20.3 Å². The molecule has 7 nitrogen and oxygen atoms in total. The number of carbonyl (C=O) groups excluding carboxylic acids is 3. The molecule has 7 heteroatoms. The second-order valence-corrected chi connectivity index (χ2v) is 7.95. The zero-order valence-corrected chi connectivity index (χ0v) is 19.0. The van der Waals surface area contributed by atoms with Crippen molar-refractivity contribution in [2.75, 3.05) is 28.4 Å². The van der Waals surface area contributed by atoms with Crippen LogP contribution < -0.4 is 4.74 Å². The smallest absolute Gasteiger partial charge is 0.327 e. The zero-order chi connectivity index (χ0) is 23.6. The van der Waals surface area contributed by atoms with E-state index in [0.29, 0.717) is 17.1 Å². The molecule has 0 radical (unpaired) electrons. The van der Waals surface area contributed by atoms with Crippen LogP contribution in [0, 0.1) is 17.3 Å². The molecule has 0 N–H and O–H groups in total. The van der Waals surface area contributed by atoms with Crippen LogP contribution in [0.25, 0.3) is 5.76 Å². The van der Waals surface area contributed by atoms with E-state index >= 15 is 0 Å². The van der Waals surface area contributed by atoms with Crippen molar-refractivity contribution in [2.24, 2.45) is 17.3 Å². The van der Waals surface area contributed by atoms with Crippen LogP contribution in [0.1, 0.15) is 30.4 Å². The molecular weight excluding hydrogens is 412 g/mol. The van der Waals surface area contributed by atoms with Gasteiger partial charge in [0.15, 0.2) is 5.41 Å². The van der Waals surface area contributed by atoms with Crippen molar-refractivity contribution in [2.45, 2.75) is 19.3 Å². The van der Waals surface area contributed by atoms with Gasteiger partial charge in [0.1, 0.15) is 17.3 Å². The molecule has 0 fully saturated rings. The number of esters is 2. The second kappa shape index (κ2) is 9.02. The van der Waals surface area contributed by atoms with Gasteiger partial charge in [-0.25, -0.2) is 0 Å². The lowest BCUT2D eigenvalue weighted by Crippen LogP contribution is -2.40. The fourth-order valence-electron chi connectivity index (χ4n) is 4.84. The summed E-state index contributed by atoms with van der Waals surface area (Å²) in [5.41, 5.74) is 0.620. The van der Waals surface area contributed by atoms with Gasteiger partial charge in [-0.05, 0) is 25.5 Å². The molecule has 0 aromatic heterocycles. The number of carbonyl (C=O) groups is 3. The van der Waals surface area contributed by atoms with Crippen LogP contribution in [0.2, 0.25) is 0 Å². The van der Waals surface area contributed by atoms with Gasteiger partial charge in [-0.1, -0.05) is 29.9 Å². The van der Waals surface area contributed by atoms with E-state index in [1.54, 1.807) is 33.3 Å². The maximum Gasteiger partial charge on any atom is 0.327 e. The summed E-state index contributed by atoms with van der Waals surface area (Å²) in [5, 5.41) is 0. The van der Waals surface area contributed by atoms with Gasteiger partial charge in [0.05, 0.1) is 34.4 Å². The topological polar surface area (TPSA) is 88.1 Å². The van der Waals surface area contributed by atoms with E-state index in [0.717, 1.165) is 11.1 Å². The Hall–Kier alpha value is -3.35. The number of Topliss-reactive ketones (excluding diaryl/α,β-unsaturated/α-hetero) is 1. The van der Waals surface area contributed by atoms with Gasteiger partial charge in [-0.3, -0.25) is 14.4 Å². The fourth-order valence-corrected chi connectivity index (χ4v) is 4.84. The first-order valence-corrected chi connectivity index (χ1v) is 10.2. The molecule has 0 saturated heterocycles. The number of hydrogen-bond acceptors (Lipinski definition) is 7. The molecular formula is C25H28O7. The number of ether oxygens (including phenoxy) is 4. The summed E-state index contributed by atoms with van der Waals surface area (Å²) in [7, 11) is 5.53. The molecule has 0 spiro atoms. The predicted octanol–water partition coefficient (Wildman–Crippen LogP) is 3.45. The molecule has 0 amide bonds. The average Bonchev–Trinajstić information content (AvgIpc) is 3.19. The second-order valence-electron chi connectivity index (χ2n) is 7.95. The number of fused-ring (bicyclic) bond motifs is 1. The molecule has 0 bridgehead atoms. The maximum atomic E-state index is 13.8. The normalized spacial score (nSPS) is 23.2. The van der Waals surface area contributed by atoms with E-state index in [2.05, 4.69) is 6.58 Å². The number of ketones is 1. The quantitative estimate of drug-likeness (QED) is 0.365. The van der Waals surface area contributed by atoms with Crippen LogP contribution in [0.5, 0.6) is 5.75 Å². The molecule has 3 atom stereocenters. The third-order valence-corrected chi connectivity index (χ3v) is 6.40. The highest BCUT2D eigenvalue weighted by molar-refractivity contribution is 6.05. The molecule has 0 heterocycles. The summed E-state index contributed by atoms with van der Waals surface area (Å²) in [6.45, 7) is 5.69. The van der Waals surface area contributed by atoms with Crippen molar-refractivity contribution < 1.29 is 33.3 Å². The lowest BCUT2D eigenvalue weighted by atomic mass is 9.72. The van der Waals surface area contributed by atoms with Gasteiger partial charge in [0.25, 0.3) is 0 Å². The van der Waals surface area contributed by atoms with E-state index < -0.39 is 29.2 Å². The van der Waals surface area contributed by atoms with Crippen molar-refractivity contribution in [1.82, 2.24) is 0 Å². The van der Waals surface area contributed by atoms with Crippen LogP contribution in [0.3, 0.4) is 0 Å². The Bertz CT molecular complexity index is 1000. The molecule has 32 heavy (non-hydrogen) atoms. The van der Waals surface area contributed by atoms with Gasteiger partial charge in [-0.15, -0.1) is 6.58 Å². The molecule has 0 saturated carbocycles. The first-order chi connectivity index (χ1) is 15.3. The first kappa shape index (κ1) is 23.3. The summed E-state index contributed by atoms with van der Waals surface area (Å²) in [4.78, 5) is 38.9. The third kappa shape index (κ3) is 3.51. The highest BCUT2D eigenvalue weighted by Gasteiger charge is 2.54. The number of benzene rings is 1. The van der Waals surface area contributed by atoms with E-state index in [1.807, 2.05) is 18.2 Å². The molecule has 0 aliphatic heterocycles. The Kier molecular flexibility index (Phi) is 6.57. The number of rotatable bonds is 7. The summed E-state index contributed by atoms with van der Waals surface area (Å²) >= 11 is 0. The van der Waals surface area contributed by atoms with Gasteiger partial charge < -0.3 is 18.9 Å². The minimum Gasteiger partial charge on any atom is -0.496 e. The van der Waals surface area contributed by atoms with E-state index in [9.17, 15) is 14.4 Å². The van der Waals surface area contributed by atoms with Crippen molar-refractivity contribution >= 4 is 23.5 Å². The molecule has 2 aliphatic rings. The van der Waals surface area contributed by atoms with Gasteiger partial charge in [0, 0.05) is 23.0 Å². The highest BCUT2D eigenvalue weighted by Crippen LogP contribution is 2.49. The number of allylic oxidation sites excluding steroid dienone is 3. The number of hydrogen-bond donors (Lipinski definition) is 0. The summed E-state index contributed by atoms with van der Waals surface area (Å²) in [5.74, 6) is -2.12. The van der Waals surface area contributed by atoms with Crippen LogP contribution in [0.15, 0.2) is 48.6 Å². The van der Waals surface area contributed by atoms with Crippen molar-refractivity contribution in [3.8, 4) is 5.75 Å². The fraction of sp³-hybridized carbons (Fsp3) is 0.400. The van der Waals surface area contributed by atoms with Gasteiger partial charge >= 0.3 is 11.9 Å². The molecule has 1 aromatic rings. The SMILES string of the molecule is C=C[C@H]1c2c(OC)cccc2C(OC)=CC1C(=O)C1CC(C(=O)OC)(C(=O)OC)C=C1C. The Labute approximate surface area is 187 Å². The molecule has 3 rings (SSSR count). The van der Waals surface area contributed by atoms with E-state index in [-0.39, 0.29) is 18.1 Å². The van der Waals surface area contributed by atoms with Gasteiger partial charge in [0.2, 0.25) is 0 Å². The van der Waals surface area contributed by atoms with Crippen LogP contribution in [-0.2, 0) is 28.6 Å². The largest absolute Gasteiger partial charge is 0.496 e. The minimum absolute atomic E-state index is 0.0493. The van der Waals surface area contributed by atoms with Crippen LogP contribution in [0.4, 0.5) is 0 Å². The molecule has 170 valence electrons. The van der Waals surface area contributed by atoms with Crippen molar-refractivity contribution in [3.05, 3.63) is 59.7 Å².